The Morgan fingerprint density at radius 1 is 1.16 bits per heavy atom. The largest absolute Gasteiger partial charge is 0.309 e. The number of rotatable bonds is 3. The summed E-state index contributed by atoms with van der Waals surface area (Å²) in [7, 11) is 1.80. The van der Waals surface area contributed by atoms with Gasteiger partial charge < -0.3 is 5.32 Å². The van der Waals surface area contributed by atoms with Crippen molar-refractivity contribution in [3.05, 3.63) is 67.9 Å². The molecule has 0 bridgehead atoms. The molecular weight excluding hydrogens is 352 g/mol. The second-order valence-electron chi connectivity index (χ2n) is 4.06. The summed E-state index contributed by atoms with van der Waals surface area (Å²) in [5, 5.41) is 4.26. The van der Waals surface area contributed by atoms with E-state index < -0.39 is 0 Å². The van der Waals surface area contributed by atoms with Crippen molar-refractivity contribution >= 4 is 39.1 Å². The molecule has 0 aromatic heterocycles. The van der Waals surface area contributed by atoms with E-state index in [1.54, 1.807) is 25.2 Å². The van der Waals surface area contributed by atoms with E-state index in [2.05, 4.69) is 21.2 Å². The molecule has 5 heteroatoms. The first-order chi connectivity index (χ1) is 9.02. The van der Waals surface area contributed by atoms with Crippen LogP contribution >= 0.6 is 39.1 Å². The SMILES string of the molecule is CNC(c1ccc(Br)c(F)c1)c1ccc(Cl)cc1Cl. The third-order valence-electron chi connectivity index (χ3n) is 2.84. The highest BCUT2D eigenvalue weighted by Crippen LogP contribution is 2.31. The maximum atomic E-state index is 13.6. The zero-order valence-corrected chi connectivity index (χ0v) is 13.2. The molecule has 0 aliphatic rings. The average molecular weight is 363 g/mol. The van der Waals surface area contributed by atoms with E-state index in [0.29, 0.717) is 14.5 Å². The molecule has 1 unspecified atom stereocenters. The summed E-state index contributed by atoms with van der Waals surface area (Å²) >= 11 is 15.2. The second kappa shape index (κ2) is 6.23. The van der Waals surface area contributed by atoms with Crippen LogP contribution in [0.5, 0.6) is 0 Å². The third-order valence-corrected chi connectivity index (χ3v) is 4.04. The zero-order chi connectivity index (χ0) is 14.0. The molecule has 0 amide bonds. The summed E-state index contributed by atoms with van der Waals surface area (Å²) in [5.41, 5.74) is 1.66. The Kier molecular flexibility index (Phi) is 4.85. The zero-order valence-electron chi connectivity index (χ0n) is 10.1. The molecule has 0 aliphatic carbocycles. The van der Waals surface area contributed by atoms with Crippen molar-refractivity contribution in [2.24, 2.45) is 0 Å². The highest BCUT2D eigenvalue weighted by atomic mass is 79.9. The standard InChI is InChI=1S/C14H11BrCl2FN/c1-19-14(8-2-5-11(15)13(18)6-8)10-4-3-9(16)7-12(10)17/h2-7,14,19H,1H3. The Morgan fingerprint density at radius 2 is 1.89 bits per heavy atom. The lowest BCUT2D eigenvalue weighted by atomic mass is 9.99. The predicted octanol–water partition coefficient (Wildman–Crippen LogP) is 5.20. The van der Waals surface area contributed by atoms with Gasteiger partial charge in [-0.3, -0.25) is 0 Å². The summed E-state index contributed by atoms with van der Waals surface area (Å²) < 4.78 is 14.1. The molecule has 0 saturated heterocycles. The van der Waals surface area contributed by atoms with Gasteiger partial charge in [0, 0.05) is 10.0 Å². The second-order valence-corrected chi connectivity index (χ2v) is 5.76. The Balaban J connectivity index is 2.46. The topological polar surface area (TPSA) is 12.0 Å². The van der Waals surface area contributed by atoms with Gasteiger partial charge in [0.15, 0.2) is 0 Å². The number of halogens is 4. The summed E-state index contributed by atoms with van der Waals surface area (Å²) in [6, 6.07) is 10.1. The molecule has 0 saturated carbocycles. The molecule has 2 aromatic carbocycles. The quantitative estimate of drug-likeness (QED) is 0.790. The lowest BCUT2D eigenvalue weighted by Gasteiger charge is -2.19. The van der Waals surface area contributed by atoms with Gasteiger partial charge in [0.1, 0.15) is 5.82 Å². The fourth-order valence-electron chi connectivity index (χ4n) is 1.93. The molecule has 19 heavy (non-hydrogen) atoms. The van der Waals surface area contributed by atoms with Crippen LogP contribution in [0, 0.1) is 5.82 Å². The Labute approximate surface area is 129 Å². The number of hydrogen-bond donors (Lipinski definition) is 1. The van der Waals surface area contributed by atoms with Gasteiger partial charge in [-0.05, 0) is 58.4 Å². The first-order valence-electron chi connectivity index (χ1n) is 5.60. The Hall–Kier alpha value is -0.610. The Morgan fingerprint density at radius 3 is 2.47 bits per heavy atom. The van der Waals surface area contributed by atoms with Crippen LogP contribution in [-0.4, -0.2) is 7.05 Å². The van der Waals surface area contributed by atoms with Crippen LogP contribution in [0.4, 0.5) is 4.39 Å². The first-order valence-corrected chi connectivity index (χ1v) is 7.15. The molecule has 1 atom stereocenters. The van der Waals surface area contributed by atoms with Gasteiger partial charge >= 0.3 is 0 Å². The van der Waals surface area contributed by atoms with Crippen molar-refractivity contribution in [1.29, 1.82) is 0 Å². The molecule has 0 fully saturated rings. The highest BCUT2D eigenvalue weighted by Gasteiger charge is 2.16. The van der Waals surface area contributed by atoms with Crippen LogP contribution in [-0.2, 0) is 0 Å². The van der Waals surface area contributed by atoms with Gasteiger partial charge in [0.25, 0.3) is 0 Å². The molecule has 0 radical (unpaired) electrons. The van der Waals surface area contributed by atoms with E-state index in [9.17, 15) is 4.39 Å². The van der Waals surface area contributed by atoms with Crippen LogP contribution in [0.25, 0.3) is 0 Å². The minimum absolute atomic E-state index is 0.188. The molecular formula is C14H11BrCl2FN. The maximum absolute atomic E-state index is 13.6. The highest BCUT2D eigenvalue weighted by molar-refractivity contribution is 9.10. The van der Waals surface area contributed by atoms with Gasteiger partial charge in [-0.15, -0.1) is 0 Å². The van der Waals surface area contributed by atoms with E-state index in [-0.39, 0.29) is 11.9 Å². The molecule has 100 valence electrons. The number of hydrogen-bond acceptors (Lipinski definition) is 1. The monoisotopic (exact) mass is 361 g/mol. The van der Waals surface area contributed by atoms with Crippen molar-refractivity contribution in [1.82, 2.24) is 5.32 Å². The first kappa shape index (κ1) is 14.8. The van der Waals surface area contributed by atoms with Crippen LogP contribution in [0.2, 0.25) is 10.0 Å². The summed E-state index contributed by atoms with van der Waals surface area (Å²) in [6.45, 7) is 0. The number of benzene rings is 2. The van der Waals surface area contributed by atoms with Crippen LogP contribution in [0.1, 0.15) is 17.2 Å². The van der Waals surface area contributed by atoms with E-state index in [4.69, 9.17) is 23.2 Å². The summed E-state index contributed by atoms with van der Waals surface area (Å²) in [4.78, 5) is 0. The van der Waals surface area contributed by atoms with Gasteiger partial charge in [0.05, 0.1) is 10.5 Å². The third kappa shape index (κ3) is 3.29. The van der Waals surface area contributed by atoms with Crippen molar-refractivity contribution in [2.75, 3.05) is 7.05 Å². The van der Waals surface area contributed by atoms with Crippen LogP contribution in [0.15, 0.2) is 40.9 Å². The Bertz CT molecular complexity index is 604. The minimum Gasteiger partial charge on any atom is -0.309 e. The molecule has 2 aromatic rings. The molecule has 0 spiro atoms. The van der Waals surface area contributed by atoms with Crippen molar-refractivity contribution in [3.63, 3.8) is 0 Å². The van der Waals surface area contributed by atoms with E-state index in [0.717, 1.165) is 11.1 Å². The molecule has 0 aliphatic heterocycles. The van der Waals surface area contributed by atoms with Gasteiger partial charge in [-0.1, -0.05) is 35.3 Å². The summed E-state index contributed by atoms with van der Waals surface area (Å²) in [5.74, 6) is -0.303. The molecule has 1 N–H and O–H groups in total. The van der Waals surface area contributed by atoms with Gasteiger partial charge in [-0.2, -0.15) is 0 Å². The predicted molar refractivity (Wildman–Crippen MR) is 81.5 cm³/mol. The van der Waals surface area contributed by atoms with Gasteiger partial charge in [0.2, 0.25) is 0 Å². The fourth-order valence-corrected chi connectivity index (χ4v) is 2.69. The lowest BCUT2D eigenvalue weighted by molar-refractivity contribution is 0.610. The molecule has 0 heterocycles. The van der Waals surface area contributed by atoms with Crippen LogP contribution < -0.4 is 5.32 Å². The van der Waals surface area contributed by atoms with Crippen LogP contribution in [0.3, 0.4) is 0 Å². The van der Waals surface area contributed by atoms with Crippen molar-refractivity contribution in [2.45, 2.75) is 6.04 Å². The fraction of sp³-hybridized carbons (Fsp3) is 0.143. The van der Waals surface area contributed by atoms with E-state index in [1.165, 1.54) is 6.07 Å². The smallest absolute Gasteiger partial charge is 0.137 e. The molecule has 1 nitrogen and oxygen atoms in total. The maximum Gasteiger partial charge on any atom is 0.137 e. The van der Waals surface area contributed by atoms with Crippen molar-refractivity contribution < 1.29 is 4.39 Å². The summed E-state index contributed by atoms with van der Waals surface area (Å²) in [6.07, 6.45) is 0. The van der Waals surface area contributed by atoms with E-state index in [1.807, 2.05) is 12.1 Å². The van der Waals surface area contributed by atoms with Crippen molar-refractivity contribution in [3.8, 4) is 0 Å². The minimum atomic E-state index is -0.303. The normalized spacial score (nSPS) is 12.5. The molecule has 2 rings (SSSR count). The average Bonchev–Trinajstić information content (AvgIpc) is 2.37. The van der Waals surface area contributed by atoms with E-state index >= 15 is 0 Å². The number of nitrogens with one attached hydrogen (secondary N) is 1. The lowest BCUT2D eigenvalue weighted by Crippen LogP contribution is -2.18. The van der Waals surface area contributed by atoms with Gasteiger partial charge in [-0.25, -0.2) is 4.39 Å².